The lowest BCUT2D eigenvalue weighted by Gasteiger charge is -2.34. The van der Waals surface area contributed by atoms with Gasteiger partial charge in [-0.1, -0.05) is 18.2 Å². The maximum absolute atomic E-state index is 13.1. The standard InChI is InChI=1S/C27H36N8O2/c1-3-32(4-2)26(37)20-10-8-15-34(18-20)27-30-24(29-21-11-6-5-7-12-21)23-25(31-27)35(19-28-23)17-16-33-14-9-13-22(33)36/h5-7,11-12,19-20H,3-4,8-10,13-18H2,1-2H3,(H,29,30,31). The molecule has 4 heterocycles. The monoisotopic (exact) mass is 504 g/mol. The first-order valence-electron chi connectivity index (χ1n) is 13.4. The summed E-state index contributed by atoms with van der Waals surface area (Å²) in [5.74, 6) is 1.59. The van der Waals surface area contributed by atoms with Crippen LogP contribution in [0.5, 0.6) is 0 Å². The molecule has 0 saturated carbocycles. The van der Waals surface area contributed by atoms with Gasteiger partial charge in [-0.05, 0) is 45.2 Å². The van der Waals surface area contributed by atoms with Crippen molar-refractivity contribution in [3.63, 3.8) is 0 Å². The molecule has 37 heavy (non-hydrogen) atoms. The Kier molecular flexibility index (Phi) is 7.52. The van der Waals surface area contributed by atoms with Crippen molar-refractivity contribution < 1.29 is 9.59 Å². The zero-order valence-corrected chi connectivity index (χ0v) is 21.8. The number of fused-ring (bicyclic) bond motifs is 1. The van der Waals surface area contributed by atoms with Crippen molar-refractivity contribution in [1.82, 2.24) is 29.3 Å². The van der Waals surface area contributed by atoms with E-state index in [1.807, 2.05) is 58.5 Å². The molecule has 1 unspecified atom stereocenters. The van der Waals surface area contributed by atoms with E-state index in [4.69, 9.17) is 9.97 Å². The molecule has 2 aliphatic heterocycles. The lowest BCUT2D eigenvalue weighted by Crippen LogP contribution is -2.45. The molecule has 196 valence electrons. The largest absolute Gasteiger partial charge is 0.343 e. The Balaban J connectivity index is 1.45. The quantitative estimate of drug-likeness (QED) is 0.477. The van der Waals surface area contributed by atoms with Crippen LogP contribution in [0.15, 0.2) is 36.7 Å². The average Bonchev–Trinajstić information content (AvgIpc) is 3.54. The van der Waals surface area contributed by atoms with Gasteiger partial charge >= 0.3 is 0 Å². The Morgan fingerprint density at radius 3 is 2.62 bits per heavy atom. The highest BCUT2D eigenvalue weighted by Gasteiger charge is 2.30. The van der Waals surface area contributed by atoms with Crippen LogP contribution >= 0.6 is 0 Å². The molecule has 0 radical (unpaired) electrons. The lowest BCUT2D eigenvalue weighted by molar-refractivity contribution is -0.135. The van der Waals surface area contributed by atoms with Crippen LogP contribution in [0.25, 0.3) is 11.2 Å². The molecule has 5 rings (SSSR count). The Morgan fingerprint density at radius 1 is 1.08 bits per heavy atom. The van der Waals surface area contributed by atoms with Gasteiger partial charge in [0.1, 0.15) is 0 Å². The van der Waals surface area contributed by atoms with Crippen molar-refractivity contribution in [3.05, 3.63) is 36.7 Å². The third-order valence-electron chi connectivity index (χ3n) is 7.40. The molecule has 0 spiro atoms. The van der Waals surface area contributed by atoms with E-state index >= 15 is 0 Å². The van der Waals surface area contributed by atoms with Crippen LogP contribution in [0.1, 0.15) is 39.5 Å². The first-order chi connectivity index (χ1) is 18.1. The van der Waals surface area contributed by atoms with Gasteiger partial charge in [0.15, 0.2) is 17.0 Å². The molecule has 2 amide bonds. The van der Waals surface area contributed by atoms with Crippen LogP contribution < -0.4 is 10.2 Å². The second-order valence-corrected chi connectivity index (χ2v) is 9.75. The van der Waals surface area contributed by atoms with Gasteiger partial charge < -0.3 is 24.6 Å². The molecule has 3 aromatic rings. The molecule has 0 aliphatic carbocycles. The van der Waals surface area contributed by atoms with Gasteiger partial charge in [0, 0.05) is 57.9 Å². The topological polar surface area (TPSA) is 99.5 Å². The number of hydrogen-bond donors (Lipinski definition) is 1. The minimum absolute atomic E-state index is 0.0652. The first kappa shape index (κ1) is 25.0. The molecule has 2 saturated heterocycles. The number of benzene rings is 1. The number of piperidine rings is 1. The Bertz CT molecular complexity index is 1240. The highest BCUT2D eigenvalue weighted by Crippen LogP contribution is 2.28. The van der Waals surface area contributed by atoms with Gasteiger partial charge in [0.05, 0.1) is 12.2 Å². The summed E-state index contributed by atoms with van der Waals surface area (Å²) in [4.78, 5) is 45.7. The predicted octanol–water partition coefficient (Wildman–Crippen LogP) is 3.28. The number of hydrogen-bond acceptors (Lipinski definition) is 7. The maximum Gasteiger partial charge on any atom is 0.229 e. The summed E-state index contributed by atoms with van der Waals surface area (Å²) in [6.45, 7) is 8.95. The highest BCUT2D eigenvalue weighted by molar-refractivity contribution is 5.87. The third-order valence-corrected chi connectivity index (χ3v) is 7.40. The molecule has 2 aromatic heterocycles. The first-order valence-corrected chi connectivity index (χ1v) is 13.4. The minimum atomic E-state index is -0.0652. The zero-order valence-electron chi connectivity index (χ0n) is 21.8. The van der Waals surface area contributed by atoms with Gasteiger partial charge in [-0.25, -0.2) is 4.98 Å². The number of carbonyl (C=O) groups excluding carboxylic acids is 2. The molecule has 10 nitrogen and oxygen atoms in total. The van der Waals surface area contributed by atoms with E-state index in [0.717, 1.165) is 56.8 Å². The fourth-order valence-electron chi connectivity index (χ4n) is 5.31. The summed E-state index contributed by atoms with van der Waals surface area (Å²) >= 11 is 0. The van der Waals surface area contributed by atoms with Crippen LogP contribution in [-0.2, 0) is 16.1 Å². The van der Waals surface area contributed by atoms with Crippen molar-refractivity contribution >= 4 is 40.4 Å². The van der Waals surface area contributed by atoms with Crippen molar-refractivity contribution in [3.8, 4) is 0 Å². The number of nitrogens with zero attached hydrogens (tertiary/aromatic N) is 7. The number of anilines is 3. The lowest BCUT2D eigenvalue weighted by atomic mass is 9.96. The number of nitrogens with one attached hydrogen (secondary N) is 1. The van der Waals surface area contributed by atoms with Gasteiger partial charge in [0.2, 0.25) is 17.8 Å². The average molecular weight is 505 g/mol. The van der Waals surface area contributed by atoms with Crippen molar-refractivity contribution in [2.45, 2.75) is 46.1 Å². The molecule has 2 aliphatic rings. The summed E-state index contributed by atoms with van der Waals surface area (Å²) in [5.41, 5.74) is 2.33. The number of rotatable bonds is 9. The molecular weight excluding hydrogens is 468 g/mol. The van der Waals surface area contributed by atoms with Crippen LogP contribution in [0.4, 0.5) is 17.5 Å². The van der Waals surface area contributed by atoms with Crippen LogP contribution in [-0.4, -0.2) is 80.4 Å². The second kappa shape index (κ2) is 11.1. The summed E-state index contributed by atoms with van der Waals surface area (Å²) in [6.07, 6.45) is 5.12. The van der Waals surface area contributed by atoms with E-state index in [1.165, 1.54) is 0 Å². The molecule has 10 heteroatoms. The smallest absolute Gasteiger partial charge is 0.229 e. The predicted molar refractivity (Wildman–Crippen MR) is 144 cm³/mol. The number of para-hydroxylation sites is 1. The van der Waals surface area contributed by atoms with Gasteiger partial charge in [-0.2, -0.15) is 9.97 Å². The van der Waals surface area contributed by atoms with Gasteiger partial charge in [0.25, 0.3) is 0 Å². The molecule has 0 bridgehead atoms. The van der Waals surface area contributed by atoms with Gasteiger partial charge in [-0.15, -0.1) is 0 Å². The Morgan fingerprint density at radius 2 is 1.89 bits per heavy atom. The highest BCUT2D eigenvalue weighted by atomic mass is 16.2. The molecule has 1 N–H and O–H groups in total. The summed E-state index contributed by atoms with van der Waals surface area (Å²) in [6, 6.07) is 9.90. The number of likely N-dealkylation sites (tertiary alicyclic amines) is 1. The van der Waals surface area contributed by atoms with E-state index in [9.17, 15) is 9.59 Å². The molecular formula is C27H36N8O2. The normalized spacial score (nSPS) is 18.0. The molecule has 1 aromatic carbocycles. The molecule has 2 fully saturated rings. The zero-order chi connectivity index (χ0) is 25.8. The van der Waals surface area contributed by atoms with Gasteiger partial charge in [-0.3, -0.25) is 9.59 Å². The van der Waals surface area contributed by atoms with E-state index in [2.05, 4.69) is 15.2 Å². The minimum Gasteiger partial charge on any atom is -0.343 e. The van der Waals surface area contributed by atoms with E-state index in [1.54, 1.807) is 6.33 Å². The Hall–Kier alpha value is -3.69. The number of aromatic nitrogens is 4. The van der Waals surface area contributed by atoms with Crippen LogP contribution in [0.3, 0.4) is 0 Å². The Labute approximate surface area is 217 Å². The summed E-state index contributed by atoms with van der Waals surface area (Å²) in [7, 11) is 0. The van der Waals surface area contributed by atoms with Crippen molar-refractivity contribution in [2.24, 2.45) is 5.92 Å². The van der Waals surface area contributed by atoms with Crippen molar-refractivity contribution in [2.75, 3.05) is 49.5 Å². The van der Waals surface area contributed by atoms with E-state index in [0.29, 0.717) is 43.3 Å². The number of imidazole rings is 1. The van der Waals surface area contributed by atoms with Crippen LogP contribution in [0.2, 0.25) is 0 Å². The maximum atomic E-state index is 13.1. The number of amides is 2. The summed E-state index contributed by atoms with van der Waals surface area (Å²) in [5, 5.41) is 3.42. The SMILES string of the molecule is CCN(CC)C(=O)C1CCCN(c2nc(Nc3ccccc3)c3ncn(CCN4CCCC4=O)c3n2)C1. The van der Waals surface area contributed by atoms with Crippen LogP contribution in [0, 0.1) is 5.92 Å². The fraction of sp³-hybridized carbons (Fsp3) is 0.519. The third kappa shape index (κ3) is 5.38. The molecule has 1 atom stereocenters. The summed E-state index contributed by atoms with van der Waals surface area (Å²) < 4.78 is 2.00. The second-order valence-electron chi connectivity index (χ2n) is 9.75. The van der Waals surface area contributed by atoms with Crippen molar-refractivity contribution in [1.29, 1.82) is 0 Å². The number of carbonyl (C=O) groups is 2. The fourth-order valence-corrected chi connectivity index (χ4v) is 5.31. The van der Waals surface area contributed by atoms with E-state index < -0.39 is 0 Å². The van der Waals surface area contributed by atoms with E-state index in [-0.39, 0.29) is 17.7 Å².